The maximum absolute atomic E-state index is 12.4. The van der Waals surface area contributed by atoms with Crippen molar-refractivity contribution in [2.45, 2.75) is 25.7 Å². The van der Waals surface area contributed by atoms with Crippen LogP contribution in [0.3, 0.4) is 0 Å². The monoisotopic (exact) mass is 352 g/mol. The first-order valence-electron chi connectivity index (χ1n) is 6.10. The van der Waals surface area contributed by atoms with Gasteiger partial charge in [-0.25, -0.2) is 13.6 Å². The third-order valence-corrected chi connectivity index (χ3v) is 4.27. The van der Waals surface area contributed by atoms with Gasteiger partial charge in [0.05, 0.1) is 10.6 Å². The van der Waals surface area contributed by atoms with Gasteiger partial charge in [-0.3, -0.25) is 4.79 Å². The molecule has 1 aromatic carbocycles. The Hall–Kier alpha value is -0.820. The molecule has 5 nitrogen and oxygen atoms in total. The van der Waals surface area contributed by atoms with Gasteiger partial charge in [0.1, 0.15) is 4.90 Å². The van der Waals surface area contributed by atoms with Crippen LogP contribution < -0.4 is 5.14 Å². The van der Waals surface area contributed by atoms with Crippen LogP contribution >= 0.6 is 23.2 Å². The summed E-state index contributed by atoms with van der Waals surface area (Å²) in [5.41, 5.74) is -0.0990. The summed E-state index contributed by atoms with van der Waals surface area (Å²) in [5.74, 6) is -0.415. The second kappa shape index (κ2) is 6.12. The fraction of sp³-hybridized carbons (Fsp3) is 0.462. The van der Waals surface area contributed by atoms with E-state index >= 15 is 0 Å². The molecule has 0 unspecified atom stereocenters. The SMILES string of the molecule is CN(CC(C)(C)C)C(=O)c1cc(Cl)cc(S(N)(=O)=O)c1Cl. The van der Waals surface area contributed by atoms with Crippen molar-refractivity contribution in [2.24, 2.45) is 10.6 Å². The van der Waals surface area contributed by atoms with Gasteiger partial charge in [-0.2, -0.15) is 0 Å². The van der Waals surface area contributed by atoms with E-state index in [2.05, 4.69) is 0 Å². The molecule has 0 spiro atoms. The molecule has 8 heteroatoms. The first-order valence-corrected chi connectivity index (χ1v) is 8.40. The van der Waals surface area contributed by atoms with Crippen molar-refractivity contribution in [3.63, 3.8) is 0 Å². The zero-order valence-electron chi connectivity index (χ0n) is 12.3. The van der Waals surface area contributed by atoms with Crippen molar-refractivity contribution in [3.8, 4) is 0 Å². The molecule has 0 atom stereocenters. The van der Waals surface area contributed by atoms with Crippen molar-refractivity contribution in [1.82, 2.24) is 4.90 Å². The summed E-state index contributed by atoms with van der Waals surface area (Å²) >= 11 is 11.9. The van der Waals surface area contributed by atoms with E-state index in [1.54, 1.807) is 7.05 Å². The Morgan fingerprint density at radius 1 is 1.29 bits per heavy atom. The van der Waals surface area contributed by atoms with Crippen LogP contribution in [0.1, 0.15) is 31.1 Å². The number of carbonyl (C=O) groups excluding carboxylic acids is 1. The van der Waals surface area contributed by atoms with Gasteiger partial charge in [0.15, 0.2) is 0 Å². The maximum atomic E-state index is 12.4. The van der Waals surface area contributed by atoms with Gasteiger partial charge in [0.25, 0.3) is 5.91 Å². The van der Waals surface area contributed by atoms with Gasteiger partial charge in [-0.05, 0) is 17.5 Å². The smallest absolute Gasteiger partial charge is 0.255 e. The molecule has 0 fully saturated rings. The second-order valence-corrected chi connectivity index (χ2v) is 8.38. The van der Waals surface area contributed by atoms with E-state index in [1.807, 2.05) is 20.8 Å². The Balaban J connectivity index is 3.32. The summed E-state index contributed by atoms with van der Waals surface area (Å²) in [4.78, 5) is 13.5. The normalized spacial score (nSPS) is 12.3. The van der Waals surface area contributed by atoms with E-state index in [9.17, 15) is 13.2 Å². The number of halogens is 2. The molecule has 0 radical (unpaired) electrons. The Kier molecular flexibility index (Phi) is 5.31. The molecule has 1 aromatic rings. The molecule has 0 bridgehead atoms. The number of primary sulfonamides is 1. The minimum absolute atomic E-state index is 0.0138. The van der Waals surface area contributed by atoms with Crippen LogP contribution in [0.5, 0.6) is 0 Å². The Morgan fingerprint density at radius 2 is 1.81 bits per heavy atom. The molecule has 1 amide bonds. The second-order valence-electron chi connectivity index (χ2n) is 6.03. The van der Waals surface area contributed by atoms with E-state index in [4.69, 9.17) is 28.3 Å². The predicted molar refractivity (Wildman–Crippen MR) is 84.3 cm³/mol. The third-order valence-electron chi connectivity index (χ3n) is 2.60. The number of nitrogens with zero attached hydrogens (tertiary/aromatic N) is 1. The zero-order valence-corrected chi connectivity index (χ0v) is 14.6. The average molecular weight is 353 g/mol. The molecule has 0 saturated heterocycles. The maximum Gasteiger partial charge on any atom is 0.255 e. The summed E-state index contributed by atoms with van der Waals surface area (Å²) in [6, 6.07) is 2.46. The highest BCUT2D eigenvalue weighted by Gasteiger charge is 2.25. The van der Waals surface area contributed by atoms with Crippen molar-refractivity contribution >= 4 is 39.1 Å². The Bertz CT molecular complexity index is 667. The number of hydrogen-bond donors (Lipinski definition) is 1. The zero-order chi connectivity index (χ0) is 16.6. The predicted octanol–water partition coefficient (Wildman–Crippen LogP) is 2.76. The summed E-state index contributed by atoms with van der Waals surface area (Å²) < 4.78 is 23.0. The standard InChI is InChI=1S/C13H18Cl2N2O3S/c1-13(2,3)7-17(4)12(18)9-5-8(14)6-10(11(9)15)21(16,19)20/h5-6H,7H2,1-4H3,(H2,16,19,20). The molecule has 1 rings (SSSR count). The molecular formula is C13H18Cl2N2O3S. The van der Waals surface area contributed by atoms with E-state index in [-0.39, 0.29) is 25.9 Å². The summed E-state index contributed by atoms with van der Waals surface area (Å²) in [5, 5.41) is 4.94. The minimum atomic E-state index is -4.06. The van der Waals surface area contributed by atoms with E-state index in [0.717, 1.165) is 6.07 Å². The number of sulfonamides is 1. The fourth-order valence-electron chi connectivity index (χ4n) is 1.92. The third kappa shape index (κ3) is 4.85. The van der Waals surface area contributed by atoms with Crippen LogP contribution in [-0.2, 0) is 10.0 Å². The van der Waals surface area contributed by atoms with Crippen molar-refractivity contribution < 1.29 is 13.2 Å². The van der Waals surface area contributed by atoms with Crippen LogP contribution in [0.2, 0.25) is 10.0 Å². The first kappa shape index (κ1) is 18.2. The Labute approximate surface area is 135 Å². The molecule has 21 heavy (non-hydrogen) atoms. The highest BCUT2D eigenvalue weighted by molar-refractivity contribution is 7.89. The molecule has 2 N–H and O–H groups in total. The molecule has 118 valence electrons. The lowest BCUT2D eigenvalue weighted by atomic mass is 9.96. The summed E-state index contributed by atoms with van der Waals surface area (Å²) in [7, 11) is -2.45. The van der Waals surface area contributed by atoms with Crippen LogP contribution in [0.4, 0.5) is 0 Å². The molecule has 0 aliphatic heterocycles. The number of carbonyl (C=O) groups is 1. The van der Waals surface area contributed by atoms with Crippen LogP contribution in [-0.4, -0.2) is 32.8 Å². The molecule has 0 saturated carbocycles. The lowest BCUT2D eigenvalue weighted by Gasteiger charge is -2.27. The lowest BCUT2D eigenvalue weighted by molar-refractivity contribution is 0.0745. The Morgan fingerprint density at radius 3 is 2.24 bits per heavy atom. The largest absolute Gasteiger partial charge is 0.341 e. The number of benzene rings is 1. The quantitative estimate of drug-likeness (QED) is 0.907. The van der Waals surface area contributed by atoms with Crippen LogP contribution in [0.15, 0.2) is 17.0 Å². The van der Waals surface area contributed by atoms with Crippen molar-refractivity contribution in [3.05, 3.63) is 27.7 Å². The van der Waals surface area contributed by atoms with Crippen molar-refractivity contribution in [2.75, 3.05) is 13.6 Å². The molecular weight excluding hydrogens is 335 g/mol. The summed E-state index contributed by atoms with van der Waals surface area (Å²) in [6.07, 6.45) is 0. The minimum Gasteiger partial charge on any atom is -0.341 e. The molecule has 0 aliphatic carbocycles. The topological polar surface area (TPSA) is 80.5 Å². The van der Waals surface area contributed by atoms with Gasteiger partial charge in [-0.15, -0.1) is 0 Å². The average Bonchev–Trinajstić information content (AvgIpc) is 2.27. The van der Waals surface area contributed by atoms with Gasteiger partial charge in [0.2, 0.25) is 10.0 Å². The number of amides is 1. The van der Waals surface area contributed by atoms with Gasteiger partial charge < -0.3 is 4.90 Å². The highest BCUT2D eigenvalue weighted by atomic mass is 35.5. The summed E-state index contributed by atoms with van der Waals surface area (Å²) in [6.45, 7) is 6.41. The van der Waals surface area contributed by atoms with E-state index < -0.39 is 15.9 Å². The lowest BCUT2D eigenvalue weighted by Crippen LogP contribution is -2.34. The fourth-order valence-corrected chi connectivity index (χ4v) is 3.36. The van der Waals surface area contributed by atoms with E-state index in [1.165, 1.54) is 11.0 Å². The number of nitrogens with two attached hydrogens (primary N) is 1. The number of hydrogen-bond acceptors (Lipinski definition) is 3. The van der Waals surface area contributed by atoms with Gasteiger partial charge >= 0.3 is 0 Å². The van der Waals surface area contributed by atoms with E-state index in [0.29, 0.717) is 6.54 Å². The molecule has 0 heterocycles. The highest BCUT2D eigenvalue weighted by Crippen LogP contribution is 2.30. The van der Waals surface area contributed by atoms with Crippen LogP contribution in [0, 0.1) is 5.41 Å². The van der Waals surface area contributed by atoms with Crippen molar-refractivity contribution in [1.29, 1.82) is 0 Å². The first-order chi connectivity index (χ1) is 9.33. The molecule has 0 aliphatic rings. The molecule has 0 aromatic heterocycles. The van der Waals surface area contributed by atoms with Gasteiger partial charge in [0, 0.05) is 18.6 Å². The van der Waals surface area contributed by atoms with Gasteiger partial charge in [-0.1, -0.05) is 44.0 Å². The van der Waals surface area contributed by atoms with Crippen LogP contribution in [0.25, 0.3) is 0 Å². The number of rotatable bonds is 3.